The number of benzene rings is 1. The van der Waals surface area contributed by atoms with E-state index in [0.29, 0.717) is 6.42 Å². The highest BCUT2D eigenvalue weighted by atomic mass is 79.9. The fraction of sp³-hybridized carbons (Fsp3) is 0.357. The lowest BCUT2D eigenvalue weighted by Gasteiger charge is -2.14. The van der Waals surface area contributed by atoms with Gasteiger partial charge in [0.2, 0.25) is 0 Å². The quantitative estimate of drug-likeness (QED) is 0.946. The lowest BCUT2D eigenvalue weighted by atomic mass is 10.00. The Kier molecular flexibility index (Phi) is 3.88. The molecule has 18 heavy (non-hydrogen) atoms. The molecular weight excluding hydrogens is 292 g/mol. The van der Waals surface area contributed by atoms with Crippen LogP contribution in [0.3, 0.4) is 0 Å². The summed E-state index contributed by atoms with van der Waals surface area (Å²) in [6, 6.07) is 7.96. The predicted octanol–water partition coefficient (Wildman–Crippen LogP) is 3.08. The standard InChI is InChI=1S/C14H17BrN2O/c1-9-6-11(15)4-5-13(9)14(18)8-12-7-10(2)16-17(12)3/h4-7,14,18H,8H2,1-3H3. The molecule has 1 heterocycles. The third-order valence-corrected chi connectivity index (χ3v) is 3.59. The molecule has 0 aliphatic rings. The van der Waals surface area contributed by atoms with Crippen molar-refractivity contribution in [3.63, 3.8) is 0 Å². The molecule has 2 aromatic rings. The molecule has 0 amide bonds. The highest BCUT2D eigenvalue weighted by Crippen LogP contribution is 2.24. The van der Waals surface area contributed by atoms with Crippen LogP contribution in [0.1, 0.15) is 28.6 Å². The van der Waals surface area contributed by atoms with E-state index < -0.39 is 6.10 Å². The van der Waals surface area contributed by atoms with Crippen LogP contribution in [0.5, 0.6) is 0 Å². The van der Waals surface area contributed by atoms with Crippen molar-refractivity contribution in [3.8, 4) is 0 Å². The minimum absolute atomic E-state index is 0.493. The van der Waals surface area contributed by atoms with Crippen LogP contribution in [0.15, 0.2) is 28.7 Å². The molecule has 1 N–H and O–H groups in total. The van der Waals surface area contributed by atoms with Crippen LogP contribution in [0.4, 0.5) is 0 Å². The Hall–Kier alpha value is -1.13. The number of halogens is 1. The zero-order valence-corrected chi connectivity index (χ0v) is 12.4. The number of rotatable bonds is 3. The highest BCUT2D eigenvalue weighted by Gasteiger charge is 2.14. The van der Waals surface area contributed by atoms with Gasteiger partial charge in [-0.3, -0.25) is 4.68 Å². The predicted molar refractivity (Wildman–Crippen MR) is 75.5 cm³/mol. The molecule has 0 bridgehead atoms. The van der Waals surface area contributed by atoms with Crippen LogP contribution in [-0.2, 0) is 13.5 Å². The fourth-order valence-electron chi connectivity index (χ4n) is 2.18. The molecule has 3 nitrogen and oxygen atoms in total. The second-order valence-corrected chi connectivity index (χ2v) is 5.54. The lowest BCUT2D eigenvalue weighted by Crippen LogP contribution is -2.07. The third kappa shape index (κ3) is 2.82. The van der Waals surface area contributed by atoms with Gasteiger partial charge in [0.15, 0.2) is 0 Å². The first-order valence-corrected chi connectivity index (χ1v) is 6.70. The van der Waals surface area contributed by atoms with Gasteiger partial charge in [-0.15, -0.1) is 0 Å². The SMILES string of the molecule is Cc1cc(CC(O)c2ccc(Br)cc2C)n(C)n1. The molecule has 1 unspecified atom stereocenters. The average Bonchev–Trinajstić information content (AvgIpc) is 2.57. The van der Waals surface area contributed by atoms with Gasteiger partial charge in [-0.05, 0) is 43.2 Å². The number of nitrogens with zero attached hydrogens (tertiary/aromatic N) is 2. The summed E-state index contributed by atoms with van der Waals surface area (Å²) in [5.74, 6) is 0. The third-order valence-electron chi connectivity index (χ3n) is 3.09. The summed E-state index contributed by atoms with van der Waals surface area (Å²) in [6.45, 7) is 3.97. The van der Waals surface area contributed by atoms with Gasteiger partial charge in [0.25, 0.3) is 0 Å². The van der Waals surface area contributed by atoms with E-state index in [0.717, 1.165) is 27.0 Å². The van der Waals surface area contributed by atoms with E-state index in [1.165, 1.54) is 0 Å². The molecule has 4 heteroatoms. The van der Waals surface area contributed by atoms with Gasteiger partial charge < -0.3 is 5.11 Å². The van der Waals surface area contributed by atoms with E-state index in [1.54, 1.807) is 0 Å². The van der Waals surface area contributed by atoms with Crippen LogP contribution in [-0.4, -0.2) is 14.9 Å². The molecule has 96 valence electrons. The average molecular weight is 309 g/mol. The summed E-state index contributed by atoms with van der Waals surface area (Å²) < 4.78 is 2.86. The van der Waals surface area contributed by atoms with Gasteiger partial charge >= 0.3 is 0 Å². The Morgan fingerprint density at radius 1 is 1.33 bits per heavy atom. The smallest absolute Gasteiger partial charge is 0.0847 e. The van der Waals surface area contributed by atoms with Gasteiger partial charge in [0, 0.05) is 23.6 Å². The first-order chi connectivity index (χ1) is 8.47. The molecule has 0 radical (unpaired) electrons. The molecule has 1 aromatic heterocycles. The Labute approximate surface area is 116 Å². The molecule has 2 rings (SSSR count). The summed E-state index contributed by atoms with van der Waals surface area (Å²) in [5, 5.41) is 14.6. The van der Waals surface area contributed by atoms with E-state index in [4.69, 9.17) is 0 Å². The molecular formula is C14H17BrN2O. The van der Waals surface area contributed by atoms with Crippen LogP contribution in [0.25, 0.3) is 0 Å². The number of hydrogen-bond donors (Lipinski definition) is 1. The molecule has 0 fully saturated rings. The number of aromatic nitrogens is 2. The van der Waals surface area contributed by atoms with Gasteiger partial charge in [0.1, 0.15) is 0 Å². The molecule has 0 saturated carbocycles. The topological polar surface area (TPSA) is 38.0 Å². The summed E-state index contributed by atoms with van der Waals surface area (Å²) >= 11 is 3.43. The van der Waals surface area contributed by atoms with Crippen LogP contribution in [0.2, 0.25) is 0 Å². The Morgan fingerprint density at radius 2 is 2.06 bits per heavy atom. The number of aliphatic hydroxyl groups is 1. The summed E-state index contributed by atoms with van der Waals surface area (Å²) in [4.78, 5) is 0. The molecule has 0 spiro atoms. The van der Waals surface area contributed by atoms with Crippen molar-refractivity contribution in [1.29, 1.82) is 0 Å². The van der Waals surface area contributed by atoms with E-state index >= 15 is 0 Å². The second kappa shape index (κ2) is 5.24. The maximum absolute atomic E-state index is 10.3. The van der Waals surface area contributed by atoms with E-state index in [2.05, 4.69) is 21.0 Å². The number of aliphatic hydroxyl groups excluding tert-OH is 1. The summed E-state index contributed by atoms with van der Waals surface area (Å²) in [6.07, 6.45) is 0.0905. The van der Waals surface area contributed by atoms with Crippen molar-refractivity contribution in [2.45, 2.75) is 26.4 Å². The maximum atomic E-state index is 10.3. The van der Waals surface area contributed by atoms with Crippen molar-refractivity contribution in [3.05, 3.63) is 51.3 Å². The molecule has 1 atom stereocenters. The van der Waals surface area contributed by atoms with Crippen molar-refractivity contribution in [2.75, 3.05) is 0 Å². The number of aryl methyl sites for hydroxylation is 3. The zero-order valence-electron chi connectivity index (χ0n) is 10.8. The maximum Gasteiger partial charge on any atom is 0.0847 e. The molecule has 0 saturated heterocycles. The van der Waals surface area contributed by atoms with E-state index in [-0.39, 0.29) is 0 Å². The lowest BCUT2D eigenvalue weighted by molar-refractivity contribution is 0.175. The fourth-order valence-corrected chi connectivity index (χ4v) is 2.65. The van der Waals surface area contributed by atoms with Crippen LogP contribution >= 0.6 is 15.9 Å². The van der Waals surface area contributed by atoms with E-state index in [9.17, 15) is 5.11 Å². The number of hydrogen-bond acceptors (Lipinski definition) is 2. The van der Waals surface area contributed by atoms with Gasteiger partial charge in [0.05, 0.1) is 11.8 Å². The van der Waals surface area contributed by atoms with Crippen molar-refractivity contribution < 1.29 is 5.11 Å². The second-order valence-electron chi connectivity index (χ2n) is 4.62. The van der Waals surface area contributed by atoms with Gasteiger partial charge in [-0.1, -0.05) is 22.0 Å². The largest absolute Gasteiger partial charge is 0.388 e. The first-order valence-electron chi connectivity index (χ1n) is 5.91. The first kappa shape index (κ1) is 13.3. The van der Waals surface area contributed by atoms with Gasteiger partial charge in [-0.2, -0.15) is 5.10 Å². The summed E-state index contributed by atoms with van der Waals surface area (Å²) in [7, 11) is 1.91. The Bertz CT molecular complexity index is 563. The Morgan fingerprint density at radius 3 is 2.61 bits per heavy atom. The molecule has 1 aromatic carbocycles. The highest BCUT2D eigenvalue weighted by molar-refractivity contribution is 9.10. The van der Waals surface area contributed by atoms with Crippen molar-refractivity contribution >= 4 is 15.9 Å². The van der Waals surface area contributed by atoms with Crippen molar-refractivity contribution in [2.24, 2.45) is 7.05 Å². The molecule has 0 aliphatic carbocycles. The van der Waals surface area contributed by atoms with E-state index in [1.807, 2.05) is 49.8 Å². The minimum atomic E-state index is -0.493. The Balaban J connectivity index is 2.21. The normalized spacial score (nSPS) is 12.7. The van der Waals surface area contributed by atoms with Gasteiger partial charge in [-0.25, -0.2) is 0 Å². The zero-order chi connectivity index (χ0) is 13.3. The monoisotopic (exact) mass is 308 g/mol. The summed E-state index contributed by atoms with van der Waals surface area (Å²) in [5.41, 5.74) is 4.09. The van der Waals surface area contributed by atoms with Crippen molar-refractivity contribution in [1.82, 2.24) is 9.78 Å². The van der Waals surface area contributed by atoms with Crippen LogP contribution < -0.4 is 0 Å². The minimum Gasteiger partial charge on any atom is -0.388 e. The van der Waals surface area contributed by atoms with Crippen LogP contribution in [0, 0.1) is 13.8 Å². The molecule has 0 aliphatic heterocycles.